The number of benzene rings is 1. The Morgan fingerprint density at radius 3 is 2.38 bits per heavy atom. The predicted molar refractivity (Wildman–Crippen MR) is 95.6 cm³/mol. The minimum absolute atomic E-state index is 0.0491. The maximum absolute atomic E-state index is 12.5. The summed E-state index contributed by atoms with van der Waals surface area (Å²) in [6, 6.07) is 9.15. The van der Waals surface area contributed by atoms with Crippen molar-refractivity contribution in [3.8, 4) is 5.75 Å². The van der Waals surface area contributed by atoms with Crippen LogP contribution in [0.1, 0.15) is 56.3 Å². The molecule has 2 saturated heterocycles. The lowest BCUT2D eigenvalue weighted by atomic mass is 9.81. The highest BCUT2D eigenvalue weighted by Gasteiger charge is 2.42. The Balaban J connectivity index is 1.61. The maximum atomic E-state index is 12.5. The minimum Gasteiger partial charge on any atom is -0.497 e. The average molecular weight is 331 g/mol. The first-order chi connectivity index (χ1) is 11.6. The van der Waals surface area contributed by atoms with Crippen molar-refractivity contribution < 1.29 is 14.4 Å². The van der Waals surface area contributed by atoms with Gasteiger partial charge in [0.2, 0.25) is 0 Å². The summed E-state index contributed by atoms with van der Waals surface area (Å²) in [5.74, 6) is 1.58. The van der Waals surface area contributed by atoms with Crippen molar-refractivity contribution in [3.63, 3.8) is 0 Å². The molecule has 24 heavy (non-hydrogen) atoms. The van der Waals surface area contributed by atoms with E-state index in [0.29, 0.717) is 6.04 Å². The molecule has 2 aliphatic rings. The molecule has 3 rings (SSSR count). The van der Waals surface area contributed by atoms with Gasteiger partial charge in [0.25, 0.3) is 5.91 Å². The van der Waals surface area contributed by atoms with Crippen molar-refractivity contribution in [1.82, 2.24) is 5.32 Å². The van der Waals surface area contributed by atoms with Crippen molar-refractivity contribution >= 4 is 5.91 Å². The number of hydrogen-bond donors (Lipinski definition) is 2. The summed E-state index contributed by atoms with van der Waals surface area (Å²) in [5, 5.41) is 3.28. The summed E-state index contributed by atoms with van der Waals surface area (Å²) in [4.78, 5) is 14.3. The molecule has 4 nitrogen and oxygen atoms in total. The topological polar surface area (TPSA) is 42.8 Å². The number of piperidine rings is 2. The van der Waals surface area contributed by atoms with Crippen LogP contribution in [0.4, 0.5) is 0 Å². The quantitative estimate of drug-likeness (QED) is 0.867. The standard InChI is InChI=1S/C20H30N2O2/c1-14(2)13-22-17-5-4-6-18(22)12-16(11-17)21-20(23)15-7-9-19(24-3)10-8-15/h7-10,14,16-18H,4-6,11-13H2,1-3H3,(H,21,23)/p+1/t16?,17-,18+. The highest BCUT2D eigenvalue weighted by atomic mass is 16.5. The fourth-order valence-corrected chi connectivity index (χ4v) is 4.57. The van der Waals surface area contributed by atoms with Crippen LogP contribution in [-0.2, 0) is 0 Å². The second-order valence-corrected chi connectivity index (χ2v) is 7.87. The monoisotopic (exact) mass is 331 g/mol. The minimum atomic E-state index is 0.0491. The fraction of sp³-hybridized carbons (Fsp3) is 0.650. The summed E-state index contributed by atoms with van der Waals surface area (Å²) >= 11 is 0. The number of carbonyl (C=O) groups is 1. The molecule has 0 spiro atoms. The molecule has 2 fully saturated rings. The number of rotatable bonds is 5. The van der Waals surface area contributed by atoms with Gasteiger partial charge in [0.1, 0.15) is 5.75 Å². The zero-order valence-corrected chi connectivity index (χ0v) is 15.2. The van der Waals surface area contributed by atoms with Crippen LogP contribution in [0.5, 0.6) is 5.75 Å². The first-order valence-electron chi connectivity index (χ1n) is 9.37. The number of methoxy groups -OCH3 is 1. The van der Waals surface area contributed by atoms with Gasteiger partial charge in [-0.25, -0.2) is 0 Å². The summed E-state index contributed by atoms with van der Waals surface area (Å²) in [7, 11) is 1.64. The van der Waals surface area contributed by atoms with Crippen LogP contribution in [-0.4, -0.2) is 37.7 Å². The number of fused-ring (bicyclic) bond motifs is 2. The molecule has 1 amide bonds. The van der Waals surface area contributed by atoms with Gasteiger partial charge in [-0.1, -0.05) is 13.8 Å². The Morgan fingerprint density at radius 1 is 1.21 bits per heavy atom. The number of ether oxygens (including phenoxy) is 1. The summed E-state index contributed by atoms with van der Waals surface area (Å²) in [6.45, 7) is 5.91. The zero-order chi connectivity index (χ0) is 17.1. The number of amides is 1. The van der Waals surface area contributed by atoms with E-state index in [1.807, 2.05) is 24.3 Å². The zero-order valence-electron chi connectivity index (χ0n) is 15.2. The molecule has 4 heteroatoms. The van der Waals surface area contributed by atoms with E-state index in [1.165, 1.54) is 25.8 Å². The number of quaternary nitrogens is 1. The van der Waals surface area contributed by atoms with Crippen molar-refractivity contribution in [1.29, 1.82) is 0 Å². The maximum Gasteiger partial charge on any atom is 0.251 e. The molecule has 2 heterocycles. The van der Waals surface area contributed by atoms with Crippen LogP contribution in [0.3, 0.4) is 0 Å². The Labute approximate surface area is 145 Å². The van der Waals surface area contributed by atoms with E-state index >= 15 is 0 Å². The second kappa shape index (κ2) is 7.56. The molecule has 132 valence electrons. The third-order valence-corrected chi connectivity index (χ3v) is 5.62. The molecular formula is C20H31N2O2+. The van der Waals surface area contributed by atoms with Gasteiger partial charge in [-0.05, 0) is 43.5 Å². The SMILES string of the molecule is COc1ccc(C(=O)NC2C[C@H]3CCC[C@@H](C2)[NH+]3CC(C)C)cc1. The molecule has 2 bridgehead atoms. The van der Waals surface area contributed by atoms with Gasteiger partial charge in [-0.2, -0.15) is 0 Å². The number of nitrogens with one attached hydrogen (secondary N) is 2. The van der Waals surface area contributed by atoms with E-state index in [0.717, 1.165) is 42.2 Å². The third kappa shape index (κ3) is 3.92. The highest BCUT2D eigenvalue weighted by molar-refractivity contribution is 5.94. The molecule has 2 N–H and O–H groups in total. The second-order valence-electron chi connectivity index (χ2n) is 7.87. The smallest absolute Gasteiger partial charge is 0.251 e. The average Bonchev–Trinajstić information content (AvgIpc) is 2.55. The summed E-state index contributed by atoms with van der Waals surface area (Å²) < 4.78 is 5.16. The Hall–Kier alpha value is -1.55. The largest absolute Gasteiger partial charge is 0.497 e. The van der Waals surface area contributed by atoms with E-state index < -0.39 is 0 Å². The number of hydrogen-bond acceptors (Lipinski definition) is 2. The summed E-state index contributed by atoms with van der Waals surface area (Å²) in [6.07, 6.45) is 6.23. The lowest BCUT2D eigenvalue weighted by molar-refractivity contribution is -0.963. The molecule has 1 aromatic rings. The van der Waals surface area contributed by atoms with Crippen LogP contribution in [0, 0.1) is 5.92 Å². The lowest BCUT2D eigenvalue weighted by Gasteiger charge is -2.46. The Kier molecular flexibility index (Phi) is 5.44. The normalized spacial score (nSPS) is 29.3. The van der Waals surface area contributed by atoms with Crippen molar-refractivity contribution in [2.45, 2.75) is 64.1 Å². The Bertz CT molecular complexity index is 541. The van der Waals surface area contributed by atoms with Crippen LogP contribution in [0.25, 0.3) is 0 Å². The summed E-state index contributed by atoms with van der Waals surface area (Å²) in [5.41, 5.74) is 0.720. The van der Waals surface area contributed by atoms with Crippen molar-refractivity contribution in [3.05, 3.63) is 29.8 Å². The van der Waals surface area contributed by atoms with Gasteiger partial charge in [0.05, 0.1) is 25.7 Å². The van der Waals surface area contributed by atoms with E-state index in [4.69, 9.17) is 4.74 Å². The highest BCUT2D eigenvalue weighted by Crippen LogP contribution is 2.23. The van der Waals surface area contributed by atoms with E-state index in [2.05, 4.69) is 19.2 Å². The van der Waals surface area contributed by atoms with E-state index in [-0.39, 0.29) is 5.91 Å². The Morgan fingerprint density at radius 2 is 1.83 bits per heavy atom. The van der Waals surface area contributed by atoms with Crippen LogP contribution < -0.4 is 15.0 Å². The van der Waals surface area contributed by atoms with Crippen LogP contribution in [0.2, 0.25) is 0 Å². The predicted octanol–water partition coefficient (Wildman–Crippen LogP) is 2.05. The van der Waals surface area contributed by atoms with Gasteiger partial charge >= 0.3 is 0 Å². The molecule has 0 saturated carbocycles. The van der Waals surface area contributed by atoms with Gasteiger partial charge in [0.15, 0.2) is 0 Å². The molecular weight excluding hydrogens is 300 g/mol. The molecule has 2 aliphatic heterocycles. The first-order valence-corrected chi connectivity index (χ1v) is 9.37. The molecule has 0 radical (unpaired) electrons. The van der Waals surface area contributed by atoms with Crippen molar-refractivity contribution in [2.75, 3.05) is 13.7 Å². The lowest BCUT2D eigenvalue weighted by Crippen LogP contribution is -3.21. The van der Waals surface area contributed by atoms with Crippen molar-refractivity contribution in [2.24, 2.45) is 5.92 Å². The third-order valence-electron chi connectivity index (χ3n) is 5.62. The van der Waals surface area contributed by atoms with E-state index in [9.17, 15) is 4.79 Å². The van der Waals surface area contributed by atoms with Gasteiger partial charge < -0.3 is 15.0 Å². The molecule has 0 aliphatic carbocycles. The fourth-order valence-electron chi connectivity index (χ4n) is 4.57. The molecule has 4 atom stereocenters. The van der Waals surface area contributed by atoms with Gasteiger partial charge in [0, 0.05) is 30.4 Å². The van der Waals surface area contributed by atoms with Gasteiger partial charge in [-0.15, -0.1) is 0 Å². The molecule has 2 unspecified atom stereocenters. The molecule has 0 aromatic heterocycles. The first kappa shape index (κ1) is 17.3. The van der Waals surface area contributed by atoms with Crippen LogP contribution >= 0.6 is 0 Å². The molecule has 1 aromatic carbocycles. The van der Waals surface area contributed by atoms with Crippen LogP contribution in [0.15, 0.2) is 24.3 Å². The van der Waals surface area contributed by atoms with Gasteiger partial charge in [-0.3, -0.25) is 4.79 Å². The number of carbonyl (C=O) groups excluding carboxylic acids is 1. The van der Waals surface area contributed by atoms with E-state index in [1.54, 1.807) is 12.0 Å².